The molecule has 3 rings (SSSR count). The number of piperidine rings is 1. The summed E-state index contributed by atoms with van der Waals surface area (Å²) in [6.45, 7) is 4.28. The molecule has 0 radical (unpaired) electrons. The maximum atomic E-state index is 13.5. The second-order valence-electron chi connectivity index (χ2n) is 6.11. The first kappa shape index (κ1) is 14.5. The van der Waals surface area contributed by atoms with E-state index in [0.29, 0.717) is 4.47 Å². The molecule has 0 unspecified atom stereocenters. The van der Waals surface area contributed by atoms with Crippen molar-refractivity contribution in [2.75, 3.05) is 19.6 Å². The summed E-state index contributed by atoms with van der Waals surface area (Å²) in [5.41, 5.74) is 1.06. The molecule has 1 aliphatic heterocycles. The van der Waals surface area contributed by atoms with Crippen LogP contribution in [0.2, 0.25) is 0 Å². The van der Waals surface area contributed by atoms with Gasteiger partial charge in [-0.1, -0.05) is 12.1 Å². The predicted molar refractivity (Wildman–Crippen MR) is 83.1 cm³/mol. The molecule has 2 fully saturated rings. The highest BCUT2D eigenvalue weighted by Gasteiger charge is 2.24. The zero-order valence-corrected chi connectivity index (χ0v) is 13.3. The fourth-order valence-electron chi connectivity index (χ4n) is 2.88. The van der Waals surface area contributed by atoms with Gasteiger partial charge in [0.2, 0.25) is 0 Å². The van der Waals surface area contributed by atoms with Gasteiger partial charge in [0.05, 0.1) is 4.47 Å². The molecule has 0 spiro atoms. The van der Waals surface area contributed by atoms with Crippen LogP contribution < -0.4 is 5.32 Å². The first-order chi connectivity index (χ1) is 9.72. The number of rotatable bonds is 5. The first-order valence-electron chi connectivity index (χ1n) is 7.61. The summed E-state index contributed by atoms with van der Waals surface area (Å²) in [4.78, 5) is 2.44. The van der Waals surface area contributed by atoms with Gasteiger partial charge in [-0.25, -0.2) is 4.39 Å². The summed E-state index contributed by atoms with van der Waals surface area (Å²) < 4.78 is 14.1. The van der Waals surface area contributed by atoms with E-state index in [2.05, 4.69) is 26.1 Å². The molecule has 1 aliphatic carbocycles. The zero-order chi connectivity index (χ0) is 13.9. The molecule has 0 amide bonds. The molecule has 0 bridgehead atoms. The van der Waals surface area contributed by atoms with Gasteiger partial charge in [0, 0.05) is 12.6 Å². The van der Waals surface area contributed by atoms with Gasteiger partial charge >= 0.3 is 0 Å². The van der Waals surface area contributed by atoms with E-state index in [-0.39, 0.29) is 5.82 Å². The molecule has 1 saturated heterocycles. The smallest absolute Gasteiger partial charge is 0.137 e. The number of nitrogens with zero attached hydrogens (tertiary/aromatic N) is 1. The largest absolute Gasteiger partial charge is 0.314 e. The van der Waals surface area contributed by atoms with Crippen LogP contribution in [-0.4, -0.2) is 30.6 Å². The molecule has 1 N–H and O–H groups in total. The Morgan fingerprint density at radius 2 is 1.95 bits per heavy atom. The SMILES string of the molecule is Fc1cccc(CN2CCC(CNC3CC3)CC2)c1Br. The number of hydrogen-bond donors (Lipinski definition) is 1. The van der Waals surface area contributed by atoms with E-state index in [0.717, 1.165) is 37.2 Å². The predicted octanol–water partition coefficient (Wildman–Crippen LogP) is 3.55. The number of likely N-dealkylation sites (tertiary alicyclic amines) is 1. The molecule has 1 heterocycles. The molecule has 2 nitrogen and oxygen atoms in total. The second kappa shape index (κ2) is 6.54. The third-order valence-electron chi connectivity index (χ3n) is 4.41. The average Bonchev–Trinajstić information content (AvgIpc) is 3.27. The average molecular weight is 341 g/mol. The van der Waals surface area contributed by atoms with E-state index in [1.807, 2.05) is 6.07 Å². The van der Waals surface area contributed by atoms with Crippen LogP contribution in [0.25, 0.3) is 0 Å². The minimum absolute atomic E-state index is 0.161. The standard InChI is InChI=1S/C16H22BrFN2/c17-16-13(2-1-3-15(16)18)11-20-8-6-12(7-9-20)10-19-14-4-5-14/h1-3,12,14,19H,4-11H2. The third kappa shape index (κ3) is 3.80. The molecule has 0 atom stereocenters. The fourth-order valence-corrected chi connectivity index (χ4v) is 3.27. The summed E-state index contributed by atoms with van der Waals surface area (Å²) in [7, 11) is 0. The topological polar surface area (TPSA) is 15.3 Å². The summed E-state index contributed by atoms with van der Waals surface area (Å²) >= 11 is 3.35. The minimum Gasteiger partial charge on any atom is -0.314 e. The molecule has 1 aromatic rings. The van der Waals surface area contributed by atoms with Crippen LogP contribution in [0.3, 0.4) is 0 Å². The lowest BCUT2D eigenvalue weighted by molar-refractivity contribution is 0.175. The quantitative estimate of drug-likeness (QED) is 0.881. The van der Waals surface area contributed by atoms with E-state index in [9.17, 15) is 4.39 Å². The van der Waals surface area contributed by atoms with Crippen LogP contribution >= 0.6 is 15.9 Å². The highest BCUT2D eigenvalue weighted by atomic mass is 79.9. The summed E-state index contributed by atoms with van der Waals surface area (Å²) in [6.07, 6.45) is 5.25. The number of hydrogen-bond acceptors (Lipinski definition) is 2. The third-order valence-corrected chi connectivity index (χ3v) is 5.29. The highest BCUT2D eigenvalue weighted by Crippen LogP contribution is 2.25. The van der Waals surface area contributed by atoms with Gasteiger partial charge < -0.3 is 5.32 Å². The number of halogens is 2. The van der Waals surface area contributed by atoms with Crippen LogP contribution in [0.15, 0.2) is 22.7 Å². The van der Waals surface area contributed by atoms with E-state index < -0.39 is 0 Å². The van der Waals surface area contributed by atoms with Crippen molar-refractivity contribution in [1.82, 2.24) is 10.2 Å². The second-order valence-corrected chi connectivity index (χ2v) is 6.91. The van der Waals surface area contributed by atoms with Crippen molar-refractivity contribution in [2.45, 2.75) is 38.3 Å². The normalized spacial score (nSPS) is 21.3. The minimum atomic E-state index is -0.161. The molecule has 20 heavy (non-hydrogen) atoms. The molecule has 1 aromatic carbocycles. The van der Waals surface area contributed by atoms with Crippen molar-refractivity contribution in [3.8, 4) is 0 Å². The Bertz CT molecular complexity index is 454. The van der Waals surface area contributed by atoms with Crippen molar-refractivity contribution in [1.29, 1.82) is 0 Å². The van der Waals surface area contributed by atoms with Crippen molar-refractivity contribution in [2.24, 2.45) is 5.92 Å². The van der Waals surface area contributed by atoms with Crippen LogP contribution in [0.1, 0.15) is 31.2 Å². The lowest BCUT2D eigenvalue weighted by Gasteiger charge is -2.32. The Morgan fingerprint density at radius 1 is 1.20 bits per heavy atom. The Balaban J connectivity index is 1.46. The lowest BCUT2D eigenvalue weighted by Crippen LogP contribution is -2.37. The molecule has 0 aromatic heterocycles. The Morgan fingerprint density at radius 3 is 2.65 bits per heavy atom. The van der Waals surface area contributed by atoms with Gasteiger partial charge in [-0.15, -0.1) is 0 Å². The van der Waals surface area contributed by atoms with E-state index in [1.165, 1.54) is 38.3 Å². The molecule has 2 aliphatic rings. The summed E-state index contributed by atoms with van der Waals surface area (Å²) in [5.74, 6) is 0.661. The number of nitrogens with one attached hydrogen (secondary N) is 1. The zero-order valence-electron chi connectivity index (χ0n) is 11.7. The van der Waals surface area contributed by atoms with E-state index in [4.69, 9.17) is 0 Å². The molecular weight excluding hydrogens is 319 g/mol. The fraction of sp³-hybridized carbons (Fsp3) is 0.625. The van der Waals surface area contributed by atoms with Gasteiger partial charge in [-0.2, -0.15) is 0 Å². The van der Waals surface area contributed by atoms with Gasteiger partial charge in [0.25, 0.3) is 0 Å². The Hall–Kier alpha value is -0.450. The lowest BCUT2D eigenvalue weighted by atomic mass is 9.96. The Kier molecular flexibility index (Phi) is 4.74. The van der Waals surface area contributed by atoms with Gasteiger partial charge in [0.1, 0.15) is 5.82 Å². The molecule has 110 valence electrons. The van der Waals surface area contributed by atoms with Gasteiger partial charge in [-0.3, -0.25) is 4.90 Å². The van der Waals surface area contributed by atoms with Crippen LogP contribution in [0, 0.1) is 11.7 Å². The summed E-state index contributed by atoms with van der Waals surface area (Å²) in [5, 5.41) is 3.63. The van der Waals surface area contributed by atoms with E-state index in [1.54, 1.807) is 6.07 Å². The van der Waals surface area contributed by atoms with E-state index >= 15 is 0 Å². The molecule has 1 saturated carbocycles. The van der Waals surface area contributed by atoms with Crippen molar-refractivity contribution in [3.63, 3.8) is 0 Å². The maximum absolute atomic E-state index is 13.5. The van der Waals surface area contributed by atoms with Crippen LogP contribution in [0.4, 0.5) is 4.39 Å². The number of benzene rings is 1. The van der Waals surface area contributed by atoms with Crippen molar-refractivity contribution >= 4 is 15.9 Å². The molecule has 4 heteroatoms. The summed E-state index contributed by atoms with van der Waals surface area (Å²) in [6, 6.07) is 6.12. The monoisotopic (exact) mass is 340 g/mol. The van der Waals surface area contributed by atoms with Crippen LogP contribution in [0.5, 0.6) is 0 Å². The maximum Gasteiger partial charge on any atom is 0.137 e. The van der Waals surface area contributed by atoms with Gasteiger partial charge in [0.15, 0.2) is 0 Å². The van der Waals surface area contributed by atoms with Crippen molar-refractivity contribution in [3.05, 3.63) is 34.1 Å². The molecular formula is C16H22BrFN2. The highest BCUT2D eigenvalue weighted by molar-refractivity contribution is 9.10. The van der Waals surface area contributed by atoms with Crippen molar-refractivity contribution < 1.29 is 4.39 Å². The van der Waals surface area contributed by atoms with Crippen LogP contribution in [-0.2, 0) is 6.54 Å². The first-order valence-corrected chi connectivity index (χ1v) is 8.40. The Labute approximate surface area is 128 Å². The van der Waals surface area contributed by atoms with Gasteiger partial charge in [-0.05, 0) is 78.8 Å².